The Kier molecular flexibility index (Phi) is 2.74. The molecule has 1 aliphatic rings. The van der Waals surface area contributed by atoms with Crippen LogP contribution in [0.2, 0.25) is 0 Å². The summed E-state index contributed by atoms with van der Waals surface area (Å²) < 4.78 is 79.7. The average Bonchev–Trinajstić information content (AvgIpc) is 2.15. The highest BCUT2D eigenvalue weighted by Crippen LogP contribution is 2.62. The van der Waals surface area contributed by atoms with Crippen LogP contribution in [0.15, 0.2) is 0 Å². The van der Waals surface area contributed by atoms with Gasteiger partial charge in [-0.15, -0.1) is 0 Å². The van der Waals surface area contributed by atoms with E-state index in [1.165, 1.54) is 13.8 Å². The van der Waals surface area contributed by atoms with Crippen LogP contribution in [0.4, 0.5) is 26.3 Å². The molecule has 0 spiro atoms. The minimum absolute atomic E-state index is 0.111. The van der Waals surface area contributed by atoms with Gasteiger partial charge in [0, 0.05) is 0 Å². The number of hydrogen-bond donors (Lipinski definition) is 0. The van der Waals surface area contributed by atoms with E-state index in [1.54, 1.807) is 0 Å². The molecule has 0 bridgehead atoms. The zero-order chi connectivity index (χ0) is 12.1. The highest BCUT2D eigenvalue weighted by atomic mass is 19.3. The first-order chi connectivity index (χ1) is 6.61. The largest absolute Gasteiger partial charge is 0.373 e. The molecule has 0 aliphatic heterocycles. The maximum absolute atomic E-state index is 13.2. The Morgan fingerprint density at radius 1 is 1.20 bits per heavy atom. The second kappa shape index (κ2) is 3.26. The summed E-state index contributed by atoms with van der Waals surface area (Å²) in [6, 6.07) is 0. The van der Waals surface area contributed by atoms with Gasteiger partial charge in [0.25, 0.3) is 0 Å². The molecule has 1 fully saturated rings. The van der Waals surface area contributed by atoms with Crippen LogP contribution in [-0.4, -0.2) is 30.0 Å². The summed E-state index contributed by atoms with van der Waals surface area (Å²) in [6.45, 7) is 2.66. The SMILES string of the molecule is CCC(C)OC1(F)C(F)C(F)(F)C1(F)F. The Labute approximate surface area is 82.4 Å². The molecule has 0 heterocycles. The summed E-state index contributed by atoms with van der Waals surface area (Å²) in [6.07, 6.45) is -4.58. The Bertz CT molecular complexity index is 256. The zero-order valence-corrected chi connectivity index (χ0v) is 8.04. The summed E-state index contributed by atoms with van der Waals surface area (Å²) in [5, 5.41) is 0. The van der Waals surface area contributed by atoms with E-state index < -0.39 is 30.0 Å². The molecule has 1 saturated carbocycles. The first-order valence-corrected chi connectivity index (χ1v) is 4.37. The lowest BCUT2D eigenvalue weighted by atomic mass is 9.80. The summed E-state index contributed by atoms with van der Waals surface area (Å²) in [7, 11) is 0. The highest BCUT2D eigenvalue weighted by Gasteiger charge is 2.91. The Hall–Kier alpha value is -0.460. The fourth-order valence-corrected chi connectivity index (χ4v) is 1.21. The van der Waals surface area contributed by atoms with Crippen molar-refractivity contribution in [2.24, 2.45) is 0 Å². The molecule has 7 heteroatoms. The second-order valence-electron chi connectivity index (χ2n) is 3.54. The van der Waals surface area contributed by atoms with Crippen molar-refractivity contribution in [2.45, 2.75) is 50.2 Å². The Balaban J connectivity index is 2.87. The molecule has 0 N–H and O–H groups in total. The van der Waals surface area contributed by atoms with E-state index in [9.17, 15) is 26.3 Å². The van der Waals surface area contributed by atoms with E-state index in [1.807, 2.05) is 0 Å². The van der Waals surface area contributed by atoms with Crippen molar-refractivity contribution < 1.29 is 31.1 Å². The number of rotatable bonds is 3. The van der Waals surface area contributed by atoms with Gasteiger partial charge in [-0.3, -0.25) is 0 Å². The van der Waals surface area contributed by atoms with Gasteiger partial charge in [-0.25, -0.2) is 8.78 Å². The van der Waals surface area contributed by atoms with Gasteiger partial charge in [0.2, 0.25) is 6.17 Å². The third-order valence-electron chi connectivity index (χ3n) is 2.44. The van der Waals surface area contributed by atoms with Crippen molar-refractivity contribution in [3.05, 3.63) is 0 Å². The van der Waals surface area contributed by atoms with E-state index >= 15 is 0 Å². The molecule has 90 valence electrons. The molecule has 0 aromatic heterocycles. The fraction of sp³-hybridized carbons (Fsp3) is 1.00. The minimum atomic E-state index is -5.12. The molecular formula is C8H10F6O. The standard InChI is InChI=1S/C8H10F6O/c1-3-4(2)15-7(12)5(9)6(10,11)8(7,13)14/h4-5H,3H2,1-2H3. The van der Waals surface area contributed by atoms with Crippen molar-refractivity contribution in [2.75, 3.05) is 0 Å². The molecule has 0 aromatic rings. The molecule has 0 saturated heterocycles. The molecule has 3 unspecified atom stereocenters. The zero-order valence-electron chi connectivity index (χ0n) is 8.04. The van der Waals surface area contributed by atoms with Crippen LogP contribution >= 0.6 is 0 Å². The lowest BCUT2D eigenvalue weighted by molar-refractivity contribution is -0.470. The van der Waals surface area contributed by atoms with Gasteiger partial charge in [-0.05, 0) is 13.3 Å². The second-order valence-corrected chi connectivity index (χ2v) is 3.54. The monoisotopic (exact) mass is 236 g/mol. The number of alkyl halides is 6. The van der Waals surface area contributed by atoms with Gasteiger partial charge < -0.3 is 4.74 Å². The number of ether oxygens (including phenoxy) is 1. The molecule has 0 amide bonds. The van der Waals surface area contributed by atoms with Crippen molar-refractivity contribution in [3.63, 3.8) is 0 Å². The molecule has 1 aliphatic carbocycles. The molecule has 0 aromatic carbocycles. The van der Waals surface area contributed by atoms with Crippen LogP contribution < -0.4 is 0 Å². The van der Waals surface area contributed by atoms with E-state index in [0.29, 0.717) is 0 Å². The number of halogens is 6. The maximum Gasteiger partial charge on any atom is 0.373 e. The molecule has 1 rings (SSSR count). The van der Waals surface area contributed by atoms with E-state index in [4.69, 9.17) is 0 Å². The van der Waals surface area contributed by atoms with E-state index in [0.717, 1.165) is 0 Å². The van der Waals surface area contributed by atoms with Crippen molar-refractivity contribution >= 4 is 0 Å². The minimum Gasteiger partial charge on any atom is -0.336 e. The molecule has 0 radical (unpaired) electrons. The summed E-state index contributed by atoms with van der Waals surface area (Å²) in [5.74, 6) is -14.3. The molecule has 15 heavy (non-hydrogen) atoms. The fourth-order valence-electron chi connectivity index (χ4n) is 1.21. The molecule has 3 atom stereocenters. The van der Waals surface area contributed by atoms with Gasteiger partial charge in [0.15, 0.2) is 0 Å². The first-order valence-electron chi connectivity index (χ1n) is 4.37. The van der Waals surface area contributed by atoms with E-state index in [2.05, 4.69) is 4.74 Å². The first kappa shape index (κ1) is 12.6. The lowest BCUT2D eigenvalue weighted by Gasteiger charge is -2.50. The van der Waals surface area contributed by atoms with Crippen LogP contribution in [-0.2, 0) is 4.74 Å². The lowest BCUT2D eigenvalue weighted by Crippen LogP contribution is -2.79. The van der Waals surface area contributed by atoms with Gasteiger partial charge in [-0.1, -0.05) is 6.92 Å². The smallest absolute Gasteiger partial charge is 0.336 e. The van der Waals surface area contributed by atoms with E-state index in [-0.39, 0.29) is 6.42 Å². The van der Waals surface area contributed by atoms with Gasteiger partial charge in [0.05, 0.1) is 6.10 Å². The van der Waals surface area contributed by atoms with Crippen molar-refractivity contribution in [1.29, 1.82) is 0 Å². The van der Waals surface area contributed by atoms with Crippen LogP contribution in [0.1, 0.15) is 20.3 Å². The predicted molar refractivity (Wildman–Crippen MR) is 39.5 cm³/mol. The quantitative estimate of drug-likeness (QED) is 0.684. The van der Waals surface area contributed by atoms with Gasteiger partial charge in [0.1, 0.15) is 0 Å². The topological polar surface area (TPSA) is 9.23 Å². The van der Waals surface area contributed by atoms with Gasteiger partial charge in [-0.2, -0.15) is 17.6 Å². The van der Waals surface area contributed by atoms with Crippen LogP contribution in [0.5, 0.6) is 0 Å². The number of hydrogen-bond acceptors (Lipinski definition) is 1. The van der Waals surface area contributed by atoms with Crippen LogP contribution in [0.3, 0.4) is 0 Å². The summed E-state index contributed by atoms with van der Waals surface area (Å²) >= 11 is 0. The normalized spacial score (nSPS) is 39.6. The molecule has 1 nitrogen and oxygen atoms in total. The van der Waals surface area contributed by atoms with Gasteiger partial charge >= 0.3 is 17.7 Å². The Morgan fingerprint density at radius 3 is 2.00 bits per heavy atom. The maximum atomic E-state index is 13.2. The molecular weight excluding hydrogens is 226 g/mol. The Morgan fingerprint density at radius 2 is 1.67 bits per heavy atom. The highest BCUT2D eigenvalue weighted by molar-refractivity contribution is 5.18. The summed E-state index contributed by atoms with van der Waals surface area (Å²) in [4.78, 5) is 0. The van der Waals surface area contributed by atoms with Crippen LogP contribution in [0, 0.1) is 0 Å². The van der Waals surface area contributed by atoms with Crippen molar-refractivity contribution in [3.8, 4) is 0 Å². The van der Waals surface area contributed by atoms with Crippen LogP contribution in [0.25, 0.3) is 0 Å². The summed E-state index contributed by atoms with van der Waals surface area (Å²) in [5.41, 5.74) is 0. The third-order valence-corrected chi connectivity index (χ3v) is 2.44. The van der Waals surface area contributed by atoms with Crippen molar-refractivity contribution in [1.82, 2.24) is 0 Å². The average molecular weight is 236 g/mol. The third kappa shape index (κ3) is 1.35. The predicted octanol–water partition coefficient (Wildman–Crippen LogP) is 3.09.